The fourth-order valence-electron chi connectivity index (χ4n) is 1.26. The maximum absolute atomic E-state index is 9.59. The van der Waals surface area contributed by atoms with Gasteiger partial charge in [0.05, 0.1) is 12.7 Å². The predicted molar refractivity (Wildman–Crippen MR) is 65.6 cm³/mol. The van der Waals surface area contributed by atoms with Gasteiger partial charge >= 0.3 is 0 Å². The predicted octanol–water partition coefficient (Wildman–Crippen LogP) is 2.87. The third kappa shape index (κ3) is 4.14. The number of thioether (sulfide) groups is 1. The molecule has 0 bridgehead atoms. The van der Waals surface area contributed by atoms with Gasteiger partial charge in [-0.15, -0.1) is 0 Å². The second-order valence-electron chi connectivity index (χ2n) is 3.33. The first-order valence-electron chi connectivity index (χ1n) is 5.17. The van der Waals surface area contributed by atoms with Crippen LogP contribution in [0.25, 0.3) is 0 Å². The Labute approximate surface area is 95.7 Å². The molecular formula is C12H18O2S. The highest BCUT2D eigenvalue weighted by molar-refractivity contribution is 7.98. The van der Waals surface area contributed by atoms with Crippen molar-refractivity contribution in [2.24, 2.45) is 0 Å². The Morgan fingerprint density at radius 3 is 2.53 bits per heavy atom. The van der Waals surface area contributed by atoms with Crippen LogP contribution in [-0.4, -0.2) is 23.7 Å². The number of aliphatic hydroxyl groups is 1. The van der Waals surface area contributed by atoms with E-state index < -0.39 is 0 Å². The molecule has 0 radical (unpaired) electrons. The molecule has 0 fully saturated rings. The molecule has 0 aliphatic heterocycles. The molecule has 0 spiro atoms. The van der Waals surface area contributed by atoms with Crippen molar-refractivity contribution in [3.05, 3.63) is 29.8 Å². The van der Waals surface area contributed by atoms with E-state index in [4.69, 9.17) is 4.74 Å². The minimum Gasteiger partial charge on any atom is -0.493 e. The summed E-state index contributed by atoms with van der Waals surface area (Å²) in [5.74, 6) is 1.87. The molecule has 1 aromatic carbocycles. The molecule has 0 aliphatic carbocycles. The van der Waals surface area contributed by atoms with Crippen LogP contribution < -0.4 is 4.74 Å². The average Bonchev–Trinajstić information content (AvgIpc) is 2.29. The first-order valence-corrected chi connectivity index (χ1v) is 6.57. The second-order valence-corrected chi connectivity index (χ2v) is 4.32. The minimum atomic E-state index is -0.356. The van der Waals surface area contributed by atoms with Crippen molar-refractivity contribution in [1.82, 2.24) is 0 Å². The van der Waals surface area contributed by atoms with Gasteiger partial charge in [0.15, 0.2) is 0 Å². The van der Waals surface area contributed by atoms with Gasteiger partial charge in [0, 0.05) is 5.75 Å². The summed E-state index contributed by atoms with van der Waals surface area (Å²) in [6.45, 7) is 2.70. The van der Waals surface area contributed by atoms with Crippen LogP contribution in [0.4, 0.5) is 0 Å². The molecule has 0 saturated heterocycles. The van der Waals surface area contributed by atoms with Gasteiger partial charge in [-0.05, 0) is 30.4 Å². The van der Waals surface area contributed by atoms with E-state index in [0.29, 0.717) is 0 Å². The summed E-state index contributed by atoms with van der Waals surface area (Å²) in [6, 6.07) is 7.66. The zero-order valence-corrected chi connectivity index (χ0v) is 10.1. The Morgan fingerprint density at radius 2 is 2.00 bits per heavy atom. The first-order chi connectivity index (χ1) is 7.27. The molecule has 0 aliphatic rings. The van der Waals surface area contributed by atoms with Gasteiger partial charge in [0.1, 0.15) is 5.75 Å². The lowest BCUT2D eigenvalue weighted by Crippen LogP contribution is -2.00. The summed E-state index contributed by atoms with van der Waals surface area (Å²) in [4.78, 5) is 0. The molecule has 3 heteroatoms. The summed E-state index contributed by atoms with van der Waals surface area (Å²) in [7, 11) is 0. The highest BCUT2D eigenvalue weighted by atomic mass is 32.2. The number of hydrogen-bond donors (Lipinski definition) is 1. The summed E-state index contributed by atoms with van der Waals surface area (Å²) in [5.41, 5.74) is 0.953. The number of aliphatic hydroxyl groups excluding tert-OH is 1. The highest BCUT2D eigenvalue weighted by Crippen LogP contribution is 2.19. The van der Waals surface area contributed by atoms with Crippen molar-refractivity contribution in [2.45, 2.75) is 19.4 Å². The standard InChI is InChI=1S/C12H18O2S/c1-3-12(13)10-4-6-11(7-5-10)14-8-9-15-2/h4-7,12-13H,3,8-9H2,1-2H3/t12-/m1/s1. The van der Waals surface area contributed by atoms with Crippen molar-refractivity contribution < 1.29 is 9.84 Å². The van der Waals surface area contributed by atoms with Crippen LogP contribution in [-0.2, 0) is 0 Å². The maximum Gasteiger partial charge on any atom is 0.119 e. The van der Waals surface area contributed by atoms with Crippen LogP contribution >= 0.6 is 11.8 Å². The number of ether oxygens (including phenoxy) is 1. The Kier molecular flexibility index (Phi) is 5.58. The Morgan fingerprint density at radius 1 is 1.33 bits per heavy atom. The molecule has 0 aromatic heterocycles. The van der Waals surface area contributed by atoms with Gasteiger partial charge in [0.25, 0.3) is 0 Å². The normalized spacial score (nSPS) is 12.5. The van der Waals surface area contributed by atoms with E-state index in [1.54, 1.807) is 11.8 Å². The smallest absolute Gasteiger partial charge is 0.119 e. The zero-order valence-electron chi connectivity index (χ0n) is 9.27. The quantitative estimate of drug-likeness (QED) is 0.756. The lowest BCUT2D eigenvalue weighted by Gasteiger charge is -2.09. The Balaban J connectivity index is 2.49. The average molecular weight is 226 g/mol. The van der Waals surface area contributed by atoms with Gasteiger partial charge in [0.2, 0.25) is 0 Å². The molecule has 84 valence electrons. The fraction of sp³-hybridized carbons (Fsp3) is 0.500. The van der Waals surface area contributed by atoms with Crippen molar-refractivity contribution in [2.75, 3.05) is 18.6 Å². The summed E-state index contributed by atoms with van der Waals surface area (Å²) < 4.78 is 5.51. The number of rotatable bonds is 6. The van der Waals surface area contributed by atoms with E-state index in [9.17, 15) is 5.11 Å². The summed E-state index contributed by atoms with van der Waals surface area (Å²) in [5, 5.41) is 9.59. The summed E-state index contributed by atoms with van der Waals surface area (Å²) >= 11 is 1.77. The highest BCUT2D eigenvalue weighted by Gasteiger charge is 2.03. The SMILES string of the molecule is CC[C@@H](O)c1ccc(OCCSC)cc1. The van der Waals surface area contributed by atoms with Crippen molar-refractivity contribution in [1.29, 1.82) is 0 Å². The van der Waals surface area contributed by atoms with Gasteiger partial charge in [-0.3, -0.25) is 0 Å². The fourth-order valence-corrected chi connectivity index (χ4v) is 1.51. The van der Waals surface area contributed by atoms with Gasteiger partial charge in [-0.1, -0.05) is 19.1 Å². The molecule has 0 saturated carbocycles. The van der Waals surface area contributed by atoms with E-state index in [2.05, 4.69) is 6.26 Å². The van der Waals surface area contributed by atoms with Gasteiger partial charge in [-0.25, -0.2) is 0 Å². The van der Waals surface area contributed by atoms with Crippen LogP contribution in [0, 0.1) is 0 Å². The molecule has 0 amide bonds. The van der Waals surface area contributed by atoms with Gasteiger partial charge < -0.3 is 9.84 Å². The number of benzene rings is 1. The molecule has 1 N–H and O–H groups in total. The van der Waals surface area contributed by atoms with Crippen LogP contribution in [0.3, 0.4) is 0 Å². The second kappa shape index (κ2) is 6.75. The molecule has 1 aromatic rings. The molecule has 0 heterocycles. The van der Waals surface area contributed by atoms with Crippen LogP contribution in [0.5, 0.6) is 5.75 Å². The zero-order chi connectivity index (χ0) is 11.1. The van der Waals surface area contributed by atoms with E-state index in [-0.39, 0.29) is 6.10 Å². The van der Waals surface area contributed by atoms with Gasteiger partial charge in [-0.2, -0.15) is 11.8 Å². The van der Waals surface area contributed by atoms with E-state index in [0.717, 1.165) is 30.1 Å². The topological polar surface area (TPSA) is 29.5 Å². The Bertz CT molecular complexity index is 271. The van der Waals surface area contributed by atoms with Crippen molar-refractivity contribution >= 4 is 11.8 Å². The largest absolute Gasteiger partial charge is 0.493 e. The van der Waals surface area contributed by atoms with Crippen LogP contribution in [0.1, 0.15) is 25.0 Å². The summed E-state index contributed by atoms with van der Waals surface area (Å²) in [6.07, 6.45) is 2.45. The first kappa shape index (κ1) is 12.4. The molecule has 1 atom stereocenters. The van der Waals surface area contributed by atoms with Crippen molar-refractivity contribution in [3.63, 3.8) is 0 Å². The number of hydrogen-bond acceptors (Lipinski definition) is 3. The Hall–Kier alpha value is -0.670. The van der Waals surface area contributed by atoms with Crippen LogP contribution in [0.2, 0.25) is 0 Å². The monoisotopic (exact) mass is 226 g/mol. The van der Waals surface area contributed by atoms with Crippen molar-refractivity contribution in [3.8, 4) is 5.75 Å². The third-order valence-corrected chi connectivity index (χ3v) is 2.78. The molecular weight excluding hydrogens is 208 g/mol. The van der Waals surface area contributed by atoms with E-state index in [1.165, 1.54) is 0 Å². The minimum absolute atomic E-state index is 0.356. The van der Waals surface area contributed by atoms with Crippen LogP contribution in [0.15, 0.2) is 24.3 Å². The lowest BCUT2D eigenvalue weighted by atomic mass is 10.1. The lowest BCUT2D eigenvalue weighted by molar-refractivity contribution is 0.173. The molecule has 1 rings (SSSR count). The molecule has 15 heavy (non-hydrogen) atoms. The molecule has 2 nitrogen and oxygen atoms in total. The third-order valence-electron chi connectivity index (χ3n) is 2.21. The maximum atomic E-state index is 9.59. The molecule has 0 unspecified atom stereocenters. The van der Waals surface area contributed by atoms with E-state index >= 15 is 0 Å². The van der Waals surface area contributed by atoms with E-state index in [1.807, 2.05) is 31.2 Å².